The third-order valence-corrected chi connectivity index (χ3v) is 5.87. The van der Waals surface area contributed by atoms with Gasteiger partial charge < -0.3 is 14.4 Å². The minimum atomic E-state index is 0.212. The molecule has 0 unspecified atom stereocenters. The number of hydrogen-bond donors (Lipinski definition) is 0. The van der Waals surface area contributed by atoms with Gasteiger partial charge in [0.15, 0.2) is 11.5 Å². The van der Waals surface area contributed by atoms with Gasteiger partial charge in [0.2, 0.25) is 12.7 Å². The summed E-state index contributed by atoms with van der Waals surface area (Å²) in [6, 6.07) is 5.97. The highest BCUT2D eigenvalue weighted by atomic mass is 32.2. The average molecular weight is 358 g/mol. The summed E-state index contributed by atoms with van der Waals surface area (Å²) in [5, 5.41) is 1.94. The summed E-state index contributed by atoms with van der Waals surface area (Å²) in [6.07, 6.45) is 2.33. The van der Waals surface area contributed by atoms with Crippen LogP contribution in [0.25, 0.3) is 10.9 Å². The van der Waals surface area contributed by atoms with Crippen molar-refractivity contribution in [1.29, 1.82) is 0 Å². The maximum Gasteiger partial charge on any atom is 0.232 e. The number of carbonyl (C=O) groups excluding carboxylic acids is 1. The van der Waals surface area contributed by atoms with E-state index in [-0.39, 0.29) is 12.7 Å². The first-order chi connectivity index (χ1) is 12.1. The number of ether oxygens (including phenoxy) is 2. The molecule has 0 N–H and O–H groups in total. The van der Waals surface area contributed by atoms with Gasteiger partial charge in [-0.25, -0.2) is 4.98 Å². The highest BCUT2D eigenvalue weighted by Crippen LogP contribution is 2.37. The molecular weight excluding hydrogens is 336 g/mol. The fourth-order valence-electron chi connectivity index (χ4n) is 3.44. The molecule has 2 aliphatic rings. The lowest BCUT2D eigenvalue weighted by Crippen LogP contribution is -2.40. The fraction of sp³-hybridized carbons (Fsp3) is 0.474. The molecule has 1 fully saturated rings. The molecule has 1 aromatic heterocycles. The van der Waals surface area contributed by atoms with Crippen LogP contribution in [0.2, 0.25) is 0 Å². The molecule has 2 aliphatic heterocycles. The van der Waals surface area contributed by atoms with Crippen LogP contribution in [0.15, 0.2) is 23.2 Å². The van der Waals surface area contributed by atoms with Crippen LogP contribution in [-0.4, -0.2) is 41.4 Å². The van der Waals surface area contributed by atoms with Crippen molar-refractivity contribution in [3.05, 3.63) is 23.8 Å². The molecule has 4 rings (SSSR count). The number of hydrogen-bond acceptors (Lipinski definition) is 5. The van der Waals surface area contributed by atoms with Crippen LogP contribution in [0.4, 0.5) is 0 Å². The second-order valence-electron chi connectivity index (χ2n) is 6.88. The summed E-state index contributed by atoms with van der Waals surface area (Å²) < 4.78 is 10.9. The number of thioether (sulfide) groups is 1. The number of nitrogens with zero attached hydrogens (tertiary/aromatic N) is 2. The molecule has 1 saturated heterocycles. The highest BCUT2D eigenvalue weighted by molar-refractivity contribution is 7.99. The van der Waals surface area contributed by atoms with E-state index in [9.17, 15) is 4.79 Å². The van der Waals surface area contributed by atoms with Gasteiger partial charge in [0.25, 0.3) is 0 Å². The number of carbonyl (C=O) groups is 1. The zero-order chi connectivity index (χ0) is 17.4. The fourth-order valence-corrected chi connectivity index (χ4v) is 4.33. The first-order valence-corrected chi connectivity index (χ1v) is 9.70. The molecule has 0 saturated carbocycles. The van der Waals surface area contributed by atoms with E-state index >= 15 is 0 Å². The summed E-state index contributed by atoms with van der Waals surface area (Å²) >= 11 is 1.52. The zero-order valence-electron chi connectivity index (χ0n) is 14.6. The van der Waals surface area contributed by atoms with Gasteiger partial charge in [0, 0.05) is 24.5 Å². The van der Waals surface area contributed by atoms with Crippen molar-refractivity contribution in [2.75, 3.05) is 25.6 Å². The minimum absolute atomic E-state index is 0.212. The molecule has 0 spiro atoms. The average Bonchev–Trinajstić information content (AvgIpc) is 3.05. The number of pyridine rings is 1. The van der Waals surface area contributed by atoms with E-state index < -0.39 is 0 Å². The van der Waals surface area contributed by atoms with E-state index in [1.165, 1.54) is 18.2 Å². The first kappa shape index (κ1) is 16.5. The van der Waals surface area contributed by atoms with Crippen molar-refractivity contribution >= 4 is 28.6 Å². The van der Waals surface area contributed by atoms with Crippen molar-refractivity contribution in [1.82, 2.24) is 9.88 Å². The van der Waals surface area contributed by atoms with Crippen LogP contribution >= 0.6 is 11.8 Å². The van der Waals surface area contributed by atoms with Crippen LogP contribution < -0.4 is 9.47 Å². The molecule has 132 valence electrons. The van der Waals surface area contributed by atoms with Crippen LogP contribution in [0.1, 0.15) is 25.3 Å². The number of aryl methyl sites for hydroxylation is 1. The molecule has 0 aliphatic carbocycles. The van der Waals surface area contributed by atoms with E-state index in [0.717, 1.165) is 52.5 Å². The Bertz CT molecular complexity index is 824. The Morgan fingerprint density at radius 3 is 2.92 bits per heavy atom. The quantitative estimate of drug-likeness (QED) is 0.785. The maximum atomic E-state index is 12.5. The van der Waals surface area contributed by atoms with Crippen LogP contribution in [0.3, 0.4) is 0 Å². The maximum absolute atomic E-state index is 12.5. The van der Waals surface area contributed by atoms with E-state index in [0.29, 0.717) is 11.7 Å². The van der Waals surface area contributed by atoms with Gasteiger partial charge in [-0.1, -0.05) is 18.7 Å². The second-order valence-corrected chi connectivity index (χ2v) is 7.85. The van der Waals surface area contributed by atoms with Crippen molar-refractivity contribution in [3.8, 4) is 11.5 Å². The van der Waals surface area contributed by atoms with Gasteiger partial charge in [-0.15, -0.1) is 0 Å². The van der Waals surface area contributed by atoms with E-state index in [2.05, 4.69) is 13.0 Å². The second kappa shape index (κ2) is 6.75. The molecule has 0 bridgehead atoms. The Balaban J connectivity index is 1.50. The number of amides is 1. The Morgan fingerprint density at radius 1 is 1.32 bits per heavy atom. The number of fused-ring (bicyclic) bond motifs is 2. The topological polar surface area (TPSA) is 51.7 Å². The Kier molecular flexibility index (Phi) is 4.46. The summed E-state index contributed by atoms with van der Waals surface area (Å²) in [7, 11) is 0. The third kappa shape index (κ3) is 3.40. The third-order valence-electron chi connectivity index (χ3n) is 4.80. The van der Waals surface area contributed by atoms with E-state index in [1.807, 2.05) is 24.0 Å². The van der Waals surface area contributed by atoms with Crippen molar-refractivity contribution < 1.29 is 14.3 Å². The lowest BCUT2D eigenvalue weighted by atomic mass is 10.0. The number of benzene rings is 1. The monoisotopic (exact) mass is 358 g/mol. The number of rotatable bonds is 3. The molecule has 1 amide bonds. The van der Waals surface area contributed by atoms with Crippen molar-refractivity contribution in [2.24, 2.45) is 5.92 Å². The lowest BCUT2D eigenvalue weighted by Gasteiger charge is -2.30. The Hall–Kier alpha value is -1.95. The smallest absolute Gasteiger partial charge is 0.232 e. The van der Waals surface area contributed by atoms with E-state index in [4.69, 9.17) is 14.5 Å². The van der Waals surface area contributed by atoms with Gasteiger partial charge >= 0.3 is 0 Å². The summed E-state index contributed by atoms with van der Waals surface area (Å²) in [5.41, 5.74) is 1.95. The van der Waals surface area contributed by atoms with Crippen molar-refractivity contribution in [2.45, 2.75) is 31.7 Å². The highest BCUT2D eigenvalue weighted by Gasteiger charge is 2.21. The molecule has 25 heavy (non-hydrogen) atoms. The number of aromatic nitrogens is 1. The minimum Gasteiger partial charge on any atom is -0.454 e. The van der Waals surface area contributed by atoms with Gasteiger partial charge in [-0.2, -0.15) is 0 Å². The van der Waals surface area contributed by atoms with Crippen LogP contribution in [0.5, 0.6) is 11.5 Å². The largest absolute Gasteiger partial charge is 0.454 e. The van der Waals surface area contributed by atoms with Gasteiger partial charge in [0.1, 0.15) is 5.03 Å². The van der Waals surface area contributed by atoms with Crippen molar-refractivity contribution in [3.63, 3.8) is 0 Å². The zero-order valence-corrected chi connectivity index (χ0v) is 15.4. The molecule has 6 heteroatoms. The van der Waals surface area contributed by atoms with Gasteiger partial charge in [-0.05, 0) is 43.4 Å². The van der Waals surface area contributed by atoms with Gasteiger partial charge in [-0.3, -0.25) is 4.79 Å². The summed E-state index contributed by atoms with van der Waals surface area (Å²) in [5.74, 6) is 2.76. The predicted molar refractivity (Wildman–Crippen MR) is 98.3 cm³/mol. The lowest BCUT2D eigenvalue weighted by molar-refractivity contribution is -0.130. The van der Waals surface area contributed by atoms with E-state index in [1.54, 1.807) is 0 Å². The molecule has 3 heterocycles. The Labute approximate surface area is 151 Å². The van der Waals surface area contributed by atoms with Gasteiger partial charge in [0.05, 0.1) is 11.3 Å². The number of likely N-dealkylation sites (tertiary alicyclic amines) is 1. The normalized spacial score (nSPS) is 19.4. The molecule has 2 aromatic rings. The molecule has 0 radical (unpaired) electrons. The predicted octanol–water partition coefficient (Wildman–Crippen LogP) is 3.62. The SMILES string of the molecule is Cc1cc2cc3c(cc2nc1SCC(=O)N1CCC[C@H](C)C1)OCO3. The molecule has 1 atom stereocenters. The molecular formula is C19H22N2O3S. The summed E-state index contributed by atoms with van der Waals surface area (Å²) in [6.45, 7) is 6.28. The molecule has 1 aromatic carbocycles. The standard InChI is InChI=1S/C19H22N2O3S/c1-12-4-3-5-21(9-12)18(22)10-25-19-13(2)6-14-7-16-17(24-11-23-16)8-15(14)20-19/h6-8,12H,3-5,9-11H2,1-2H3/t12-/m0/s1. The summed E-state index contributed by atoms with van der Waals surface area (Å²) in [4.78, 5) is 19.2. The van der Waals surface area contributed by atoms with Crippen LogP contribution in [-0.2, 0) is 4.79 Å². The van der Waals surface area contributed by atoms with Crippen LogP contribution in [0, 0.1) is 12.8 Å². The molecule has 5 nitrogen and oxygen atoms in total. The first-order valence-electron chi connectivity index (χ1n) is 8.72. The Morgan fingerprint density at radius 2 is 2.12 bits per heavy atom. The number of piperidine rings is 1.